The van der Waals surface area contributed by atoms with Crippen LogP contribution in [-0.4, -0.2) is 38.9 Å². The van der Waals surface area contributed by atoms with Crippen molar-refractivity contribution in [2.45, 2.75) is 25.3 Å². The minimum Gasteiger partial charge on any atom is -0.364 e. The largest absolute Gasteiger partial charge is 0.364 e. The summed E-state index contributed by atoms with van der Waals surface area (Å²) < 4.78 is 1.09. The van der Waals surface area contributed by atoms with Crippen molar-refractivity contribution in [3.8, 4) is 11.1 Å². The lowest BCUT2D eigenvalue weighted by Crippen LogP contribution is -2.48. The van der Waals surface area contributed by atoms with Crippen molar-refractivity contribution in [2.75, 3.05) is 18.0 Å². The number of thiazole rings is 1. The number of hydrogen-bond donors (Lipinski definition) is 3. The standard InChI is InChI=1S/C26H25N7OS/c1-15-30-19-8-7-16(13-20(19)35-15)18-14-29-24-21(18)22(23(27)34)31-25(32-24)33-11-9-26(28,10-12-33)17-5-3-2-4-6-17/h2-8,13-14H,9-12,28H2,1H3,(H2,27,34)(H,29,31,32). The molecule has 1 saturated heterocycles. The highest BCUT2D eigenvalue weighted by Crippen LogP contribution is 2.35. The third-order valence-corrected chi connectivity index (χ3v) is 7.78. The number of piperidine rings is 1. The Morgan fingerprint density at radius 2 is 1.86 bits per heavy atom. The third-order valence-electron chi connectivity index (χ3n) is 6.85. The van der Waals surface area contributed by atoms with Gasteiger partial charge >= 0.3 is 0 Å². The molecule has 6 rings (SSSR count). The van der Waals surface area contributed by atoms with Crippen molar-refractivity contribution in [1.29, 1.82) is 0 Å². The Balaban J connectivity index is 1.36. The molecule has 1 fully saturated rings. The van der Waals surface area contributed by atoms with E-state index in [4.69, 9.17) is 16.5 Å². The number of nitrogens with two attached hydrogens (primary N) is 2. The van der Waals surface area contributed by atoms with E-state index in [-0.39, 0.29) is 11.2 Å². The van der Waals surface area contributed by atoms with Crippen LogP contribution in [0.5, 0.6) is 0 Å². The number of aromatic amines is 1. The molecule has 0 saturated carbocycles. The first-order valence-corrected chi connectivity index (χ1v) is 12.4. The maximum atomic E-state index is 12.5. The molecule has 0 radical (unpaired) electrons. The van der Waals surface area contributed by atoms with Crippen LogP contribution in [0, 0.1) is 6.92 Å². The van der Waals surface area contributed by atoms with Crippen LogP contribution >= 0.6 is 11.3 Å². The fourth-order valence-electron chi connectivity index (χ4n) is 4.94. The number of benzene rings is 2. The number of H-pyrrole nitrogens is 1. The van der Waals surface area contributed by atoms with Crippen molar-refractivity contribution in [1.82, 2.24) is 19.9 Å². The lowest BCUT2D eigenvalue weighted by atomic mass is 9.82. The van der Waals surface area contributed by atoms with E-state index in [1.165, 1.54) is 0 Å². The summed E-state index contributed by atoms with van der Waals surface area (Å²) in [4.78, 5) is 31.8. The molecular formula is C26H25N7OS. The minimum atomic E-state index is -0.580. The molecule has 5 aromatic rings. The van der Waals surface area contributed by atoms with Gasteiger partial charge in [-0.15, -0.1) is 11.3 Å². The molecule has 0 spiro atoms. The zero-order valence-corrected chi connectivity index (χ0v) is 20.1. The number of aryl methyl sites for hydroxylation is 1. The molecule has 1 amide bonds. The highest BCUT2D eigenvalue weighted by molar-refractivity contribution is 7.18. The van der Waals surface area contributed by atoms with E-state index in [9.17, 15) is 4.79 Å². The predicted octanol–water partition coefficient (Wildman–Crippen LogP) is 4.10. The highest BCUT2D eigenvalue weighted by Gasteiger charge is 2.33. The number of nitrogens with one attached hydrogen (secondary N) is 1. The van der Waals surface area contributed by atoms with E-state index in [2.05, 4.69) is 38.1 Å². The smallest absolute Gasteiger partial charge is 0.268 e. The number of fused-ring (bicyclic) bond motifs is 2. The predicted molar refractivity (Wildman–Crippen MR) is 140 cm³/mol. The molecule has 2 aromatic carbocycles. The van der Waals surface area contributed by atoms with Crippen molar-refractivity contribution in [3.05, 3.63) is 71.0 Å². The number of aromatic nitrogens is 4. The fraction of sp³-hybridized carbons (Fsp3) is 0.231. The summed E-state index contributed by atoms with van der Waals surface area (Å²) in [5.74, 6) is -0.0907. The topological polar surface area (TPSA) is 127 Å². The molecule has 1 aliphatic rings. The van der Waals surface area contributed by atoms with Crippen LogP contribution in [0.1, 0.15) is 33.9 Å². The van der Waals surface area contributed by atoms with Gasteiger partial charge in [0.25, 0.3) is 5.91 Å². The number of anilines is 1. The lowest BCUT2D eigenvalue weighted by molar-refractivity contribution is 0.0997. The molecule has 35 heavy (non-hydrogen) atoms. The molecule has 0 unspecified atom stereocenters. The molecule has 0 bridgehead atoms. The number of primary amides is 1. The molecule has 0 aliphatic carbocycles. The molecule has 9 heteroatoms. The average molecular weight is 484 g/mol. The highest BCUT2D eigenvalue weighted by atomic mass is 32.1. The number of amides is 1. The normalized spacial score (nSPS) is 15.7. The van der Waals surface area contributed by atoms with Crippen LogP contribution in [-0.2, 0) is 5.54 Å². The second-order valence-corrected chi connectivity index (χ2v) is 10.3. The minimum absolute atomic E-state index is 0.217. The van der Waals surface area contributed by atoms with E-state index in [1.54, 1.807) is 11.3 Å². The summed E-state index contributed by atoms with van der Waals surface area (Å²) in [6.45, 7) is 3.36. The van der Waals surface area contributed by atoms with Crippen molar-refractivity contribution < 1.29 is 4.79 Å². The Kier molecular flexibility index (Phi) is 5.05. The first-order valence-electron chi connectivity index (χ1n) is 11.6. The van der Waals surface area contributed by atoms with Crippen LogP contribution in [0.15, 0.2) is 54.7 Å². The van der Waals surface area contributed by atoms with Gasteiger partial charge in [0, 0.05) is 30.4 Å². The van der Waals surface area contributed by atoms with Crippen molar-refractivity contribution in [3.63, 3.8) is 0 Å². The van der Waals surface area contributed by atoms with Crippen LogP contribution < -0.4 is 16.4 Å². The Hall–Kier alpha value is -3.82. The Labute approximate surface area is 206 Å². The molecule has 8 nitrogen and oxygen atoms in total. The first-order chi connectivity index (χ1) is 16.9. The number of carbonyl (C=O) groups excluding carboxylic acids is 1. The molecule has 5 N–H and O–H groups in total. The zero-order valence-electron chi connectivity index (χ0n) is 19.3. The Bertz CT molecular complexity index is 1570. The SMILES string of the molecule is Cc1nc2ccc(-c3c[nH]c4nc(N5CCC(N)(c6ccccc6)CC5)nc(C(N)=O)c34)cc2s1. The lowest BCUT2D eigenvalue weighted by Gasteiger charge is -2.39. The average Bonchev–Trinajstić information content (AvgIpc) is 3.46. The fourth-order valence-corrected chi connectivity index (χ4v) is 5.81. The molecule has 0 atom stereocenters. The van der Waals surface area contributed by atoms with E-state index in [0.29, 0.717) is 30.1 Å². The van der Waals surface area contributed by atoms with Gasteiger partial charge in [0.05, 0.1) is 20.6 Å². The zero-order chi connectivity index (χ0) is 24.2. The van der Waals surface area contributed by atoms with Crippen LogP contribution in [0.2, 0.25) is 0 Å². The van der Waals surface area contributed by atoms with E-state index >= 15 is 0 Å². The summed E-state index contributed by atoms with van der Waals surface area (Å²) in [5.41, 5.74) is 16.9. The van der Waals surface area contributed by atoms with Gasteiger partial charge in [0.1, 0.15) is 11.3 Å². The van der Waals surface area contributed by atoms with Gasteiger partial charge in [0.15, 0.2) is 0 Å². The monoisotopic (exact) mass is 483 g/mol. The maximum absolute atomic E-state index is 12.5. The molecule has 3 aromatic heterocycles. The number of carbonyl (C=O) groups is 1. The Morgan fingerprint density at radius 3 is 2.60 bits per heavy atom. The molecular weight excluding hydrogens is 458 g/mol. The quantitative estimate of drug-likeness (QED) is 0.353. The second kappa shape index (κ2) is 8.14. The molecule has 4 heterocycles. The Morgan fingerprint density at radius 1 is 1.09 bits per heavy atom. The first kappa shape index (κ1) is 21.7. The van der Waals surface area contributed by atoms with Crippen LogP contribution in [0.4, 0.5) is 5.95 Å². The van der Waals surface area contributed by atoms with Crippen LogP contribution in [0.3, 0.4) is 0 Å². The summed E-state index contributed by atoms with van der Waals surface area (Å²) >= 11 is 1.64. The summed E-state index contributed by atoms with van der Waals surface area (Å²) in [7, 11) is 0. The van der Waals surface area contributed by atoms with Gasteiger partial charge in [-0.05, 0) is 43.0 Å². The molecule has 176 valence electrons. The summed E-state index contributed by atoms with van der Waals surface area (Å²) in [6, 6.07) is 16.3. The number of rotatable bonds is 4. The summed E-state index contributed by atoms with van der Waals surface area (Å²) in [5, 5.41) is 1.65. The van der Waals surface area contributed by atoms with Gasteiger partial charge in [0.2, 0.25) is 5.95 Å². The number of hydrogen-bond acceptors (Lipinski definition) is 7. The van der Waals surface area contributed by atoms with Crippen LogP contribution in [0.25, 0.3) is 32.4 Å². The summed E-state index contributed by atoms with van der Waals surface area (Å²) in [6.07, 6.45) is 3.38. The van der Waals surface area contributed by atoms with Gasteiger partial charge in [-0.25, -0.2) is 9.97 Å². The van der Waals surface area contributed by atoms with Gasteiger partial charge in [-0.1, -0.05) is 36.4 Å². The van der Waals surface area contributed by atoms with E-state index < -0.39 is 5.91 Å². The number of nitrogens with zero attached hydrogens (tertiary/aromatic N) is 4. The van der Waals surface area contributed by atoms with Gasteiger partial charge in [-0.3, -0.25) is 4.79 Å². The maximum Gasteiger partial charge on any atom is 0.268 e. The van der Waals surface area contributed by atoms with Crippen molar-refractivity contribution >= 4 is 44.4 Å². The van der Waals surface area contributed by atoms with Gasteiger partial charge < -0.3 is 21.4 Å². The second-order valence-electron chi connectivity index (χ2n) is 9.09. The van der Waals surface area contributed by atoms with Gasteiger partial charge in [-0.2, -0.15) is 4.98 Å². The molecule has 1 aliphatic heterocycles. The third kappa shape index (κ3) is 3.73. The van der Waals surface area contributed by atoms with E-state index in [0.717, 1.165) is 44.8 Å². The van der Waals surface area contributed by atoms with E-state index in [1.807, 2.05) is 43.5 Å². The van der Waals surface area contributed by atoms with Crippen molar-refractivity contribution in [2.24, 2.45) is 11.5 Å².